The van der Waals surface area contributed by atoms with E-state index >= 15 is 0 Å². The van der Waals surface area contributed by atoms with Gasteiger partial charge in [-0.05, 0) is 19.9 Å². The third-order valence-electron chi connectivity index (χ3n) is 3.74. The molecule has 0 atom stereocenters. The Balaban J connectivity index is 1.71. The first-order valence-corrected chi connectivity index (χ1v) is 7.60. The number of aromatic nitrogens is 4. The zero-order valence-corrected chi connectivity index (χ0v) is 13.0. The Morgan fingerprint density at radius 2 is 2.36 bits per heavy atom. The first-order chi connectivity index (χ1) is 10.7. The van der Waals surface area contributed by atoms with Crippen LogP contribution in [-0.4, -0.2) is 38.6 Å². The summed E-state index contributed by atoms with van der Waals surface area (Å²) in [6, 6.07) is 2.09. The molecule has 0 spiro atoms. The third kappa shape index (κ3) is 2.89. The van der Waals surface area contributed by atoms with Crippen molar-refractivity contribution in [2.24, 2.45) is 0 Å². The Hall–Kier alpha value is -2.15. The monoisotopic (exact) mass is 303 g/mol. The van der Waals surface area contributed by atoms with Gasteiger partial charge in [-0.15, -0.1) is 0 Å². The Morgan fingerprint density at radius 3 is 3.09 bits per heavy atom. The van der Waals surface area contributed by atoms with Gasteiger partial charge in [-0.2, -0.15) is 10.2 Å². The van der Waals surface area contributed by atoms with Crippen molar-refractivity contribution in [1.29, 1.82) is 0 Å². The number of hydrogen-bond donors (Lipinski definition) is 1. The first-order valence-electron chi connectivity index (χ1n) is 7.60. The number of carbonyl (C=O) groups is 1. The Bertz CT molecular complexity index is 645. The molecule has 3 rings (SSSR count). The topological polar surface area (TPSA) is 74.0 Å². The molecule has 118 valence electrons. The molecule has 0 aromatic carbocycles. The molecule has 22 heavy (non-hydrogen) atoms. The Labute approximate surface area is 129 Å². The molecular formula is C15H21N5O2. The molecule has 3 heterocycles. The molecule has 1 aliphatic rings. The molecule has 0 radical (unpaired) electrons. The molecule has 7 heteroatoms. The molecule has 0 bridgehead atoms. The second-order valence-electron chi connectivity index (χ2n) is 5.64. The van der Waals surface area contributed by atoms with E-state index in [1.54, 1.807) is 10.9 Å². The summed E-state index contributed by atoms with van der Waals surface area (Å²) in [4.78, 5) is 12.4. The van der Waals surface area contributed by atoms with Crippen LogP contribution < -0.4 is 5.32 Å². The van der Waals surface area contributed by atoms with Crippen molar-refractivity contribution in [2.45, 2.75) is 39.5 Å². The smallest absolute Gasteiger partial charge is 0.272 e. The molecular weight excluding hydrogens is 282 g/mol. The fourth-order valence-electron chi connectivity index (χ4n) is 2.67. The number of ether oxygens (including phenoxy) is 1. The van der Waals surface area contributed by atoms with Crippen LogP contribution in [0.15, 0.2) is 18.5 Å². The highest BCUT2D eigenvalue weighted by atomic mass is 16.5. The van der Waals surface area contributed by atoms with Gasteiger partial charge in [0.05, 0.1) is 19.8 Å². The minimum absolute atomic E-state index is 0.145. The highest BCUT2D eigenvalue weighted by molar-refractivity contribution is 5.94. The summed E-state index contributed by atoms with van der Waals surface area (Å²) in [7, 11) is 0. The van der Waals surface area contributed by atoms with Crippen molar-refractivity contribution >= 4 is 5.91 Å². The molecule has 0 saturated heterocycles. The van der Waals surface area contributed by atoms with Gasteiger partial charge in [-0.1, -0.05) is 0 Å². The zero-order chi connectivity index (χ0) is 15.5. The number of carbonyl (C=O) groups excluding carboxylic acids is 1. The summed E-state index contributed by atoms with van der Waals surface area (Å²) in [5.41, 5.74) is 2.54. The third-order valence-corrected chi connectivity index (χ3v) is 3.74. The summed E-state index contributed by atoms with van der Waals surface area (Å²) in [5.74, 6) is -0.145. The van der Waals surface area contributed by atoms with E-state index in [2.05, 4.69) is 29.4 Å². The molecule has 0 unspecified atom stereocenters. The van der Waals surface area contributed by atoms with E-state index in [9.17, 15) is 4.79 Å². The number of nitrogens with zero attached hydrogens (tertiary/aromatic N) is 4. The van der Waals surface area contributed by atoms with Crippen LogP contribution in [0.5, 0.6) is 0 Å². The predicted molar refractivity (Wildman–Crippen MR) is 80.5 cm³/mol. The lowest BCUT2D eigenvalue weighted by Crippen LogP contribution is -2.29. The summed E-state index contributed by atoms with van der Waals surface area (Å²) in [5, 5.41) is 11.5. The second kappa shape index (κ2) is 6.31. The van der Waals surface area contributed by atoms with Crippen LogP contribution in [0.2, 0.25) is 0 Å². The average molecular weight is 303 g/mol. The molecule has 2 aromatic heterocycles. The lowest BCUT2D eigenvalue weighted by molar-refractivity contribution is 0.0923. The highest BCUT2D eigenvalue weighted by Gasteiger charge is 2.26. The minimum atomic E-state index is -0.145. The van der Waals surface area contributed by atoms with Crippen molar-refractivity contribution in [3.05, 3.63) is 35.4 Å². The van der Waals surface area contributed by atoms with Gasteiger partial charge in [-0.3, -0.25) is 14.2 Å². The maximum atomic E-state index is 12.4. The van der Waals surface area contributed by atoms with Gasteiger partial charge >= 0.3 is 0 Å². The van der Waals surface area contributed by atoms with E-state index in [1.807, 2.05) is 16.9 Å². The zero-order valence-electron chi connectivity index (χ0n) is 13.0. The second-order valence-corrected chi connectivity index (χ2v) is 5.64. The van der Waals surface area contributed by atoms with Crippen molar-refractivity contribution in [3.63, 3.8) is 0 Å². The Morgan fingerprint density at radius 1 is 1.50 bits per heavy atom. The Kier molecular flexibility index (Phi) is 4.24. The van der Waals surface area contributed by atoms with Crippen molar-refractivity contribution in [3.8, 4) is 0 Å². The van der Waals surface area contributed by atoms with Gasteiger partial charge in [0, 0.05) is 42.7 Å². The predicted octanol–water partition coefficient (Wildman–Crippen LogP) is 1.16. The van der Waals surface area contributed by atoms with Gasteiger partial charge in [0.15, 0.2) is 5.69 Å². The fraction of sp³-hybridized carbons (Fsp3) is 0.533. The van der Waals surface area contributed by atoms with Gasteiger partial charge in [-0.25, -0.2) is 0 Å². The van der Waals surface area contributed by atoms with E-state index in [1.165, 1.54) is 0 Å². The van der Waals surface area contributed by atoms with E-state index in [-0.39, 0.29) is 11.9 Å². The molecule has 1 aliphatic heterocycles. The van der Waals surface area contributed by atoms with Gasteiger partial charge < -0.3 is 10.1 Å². The fourth-order valence-corrected chi connectivity index (χ4v) is 2.67. The van der Waals surface area contributed by atoms with Crippen molar-refractivity contribution < 1.29 is 9.53 Å². The summed E-state index contributed by atoms with van der Waals surface area (Å²) >= 11 is 0. The van der Waals surface area contributed by atoms with Crippen LogP contribution in [0.25, 0.3) is 0 Å². The average Bonchev–Trinajstić information content (AvgIpc) is 3.14. The van der Waals surface area contributed by atoms with Gasteiger partial charge in [0.2, 0.25) is 0 Å². The van der Waals surface area contributed by atoms with Crippen molar-refractivity contribution in [1.82, 2.24) is 24.9 Å². The lowest BCUT2D eigenvalue weighted by Gasteiger charge is -2.16. The highest BCUT2D eigenvalue weighted by Crippen LogP contribution is 2.23. The van der Waals surface area contributed by atoms with E-state index in [4.69, 9.17) is 4.74 Å². The van der Waals surface area contributed by atoms with E-state index < -0.39 is 0 Å². The van der Waals surface area contributed by atoms with Crippen LogP contribution in [0.3, 0.4) is 0 Å². The van der Waals surface area contributed by atoms with Crippen molar-refractivity contribution in [2.75, 3.05) is 13.2 Å². The number of amides is 1. The molecule has 0 saturated carbocycles. The standard InChI is InChI=1S/C15H21N5O2/c1-11(2)20-13-4-9-22-10-12(13)14(18-20)15(21)16-6-8-19-7-3-5-17-19/h3,5,7,11H,4,6,8-10H2,1-2H3,(H,16,21). The van der Waals surface area contributed by atoms with E-state index in [0.29, 0.717) is 32.0 Å². The molecule has 0 fully saturated rings. The quantitative estimate of drug-likeness (QED) is 0.899. The molecule has 7 nitrogen and oxygen atoms in total. The normalized spacial score (nSPS) is 14.1. The minimum Gasteiger partial charge on any atom is -0.376 e. The van der Waals surface area contributed by atoms with E-state index in [0.717, 1.165) is 17.7 Å². The molecule has 2 aromatic rings. The number of nitrogens with one attached hydrogen (secondary N) is 1. The largest absolute Gasteiger partial charge is 0.376 e. The number of fused-ring (bicyclic) bond motifs is 1. The number of hydrogen-bond acceptors (Lipinski definition) is 4. The molecule has 0 aliphatic carbocycles. The maximum Gasteiger partial charge on any atom is 0.272 e. The van der Waals surface area contributed by atoms with Gasteiger partial charge in [0.1, 0.15) is 0 Å². The van der Waals surface area contributed by atoms with Crippen LogP contribution >= 0.6 is 0 Å². The first kappa shape index (κ1) is 14.8. The van der Waals surface area contributed by atoms with Crippen LogP contribution in [-0.2, 0) is 24.3 Å². The van der Waals surface area contributed by atoms with Gasteiger partial charge in [0.25, 0.3) is 5.91 Å². The SMILES string of the molecule is CC(C)n1nc(C(=O)NCCn2cccn2)c2c1CCOC2. The molecule has 1 N–H and O–H groups in total. The summed E-state index contributed by atoms with van der Waals surface area (Å²) in [6.07, 6.45) is 4.40. The summed E-state index contributed by atoms with van der Waals surface area (Å²) < 4.78 is 9.22. The van der Waals surface area contributed by atoms with Crippen LogP contribution in [0.4, 0.5) is 0 Å². The lowest BCUT2D eigenvalue weighted by atomic mass is 10.1. The molecule has 1 amide bonds. The number of rotatable bonds is 5. The maximum absolute atomic E-state index is 12.4. The summed E-state index contributed by atoms with van der Waals surface area (Å²) in [6.45, 7) is 6.45. The van der Waals surface area contributed by atoms with Crippen LogP contribution in [0, 0.1) is 0 Å². The van der Waals surface area contributed by atoms with Crippen LogP contribution in [0.1, 0.15) is 41.6 Å².